The van der Waals surface area contributed by atoms with Gasteiger partial charge in [-0.2, -0.15) is 0 Å². The number of hydrogen-bond acceptors (Lipinski definition) is 5. The Kier molecular flexibility index (Phi) is 4.16. The van der Waals surface area contributed by atoms with Crippen LogP contribution >= 0.6 is 0 Å². The van der Waals surface area contributed by atoms with Crippen molar-refractivity contribution in [1.29, 1.82) is 0 Å². The minimum atomic E-state index is -3.68. The maximum absolute atomic E-state index is 12.0. The molecule has 0 aliphatic carbocycles. The molecular weight excluding hydrogens is 282 g/mol. The number of nitrogens with zero attached hydrogens (tertiary/aromatic N) is 1. The van der Waals surface area contributed by atoms with Crippen molar-refractivity contribution in [2.24, 2.45) is 0 Å². The van der Waals surface area contributed by atoms with Crippen LogP contribution in [0.15, 0.2) is 46.3 Å². The van der Waals surface area contributed by atoms with Crippen molar-refractivity contribution in [3.63, 3.8) is 0 Å². The first kappa shape index (κ1) is 14.2. The molecule has 0 bridgehead atoms. The minimum absolute atomic E-state index is 0.00174. The van der Waals surface area contributed by atoms with Crippen molar-refractivity contribution < 1.29 is 13.2 Å². The second-order valence-electron chi connectivity index (χ2n) is 3.92. The summed E-state index contributed by atoms with van der Waals surface area (Å²) in [6, 6.07) is 5.71. The van der Waals surface area contributed by atoms with E-state index in [2.05, 4.69) is 14.7 Å². The molecule has 0 saturated heterocycles. The third kappa shape index (κ3) is 3.43. The second-order valence-corrected chi connectivity index (χ2v) is 5.69. The Morgan fingerprint density at radius 3 is 2.80 bits per heavy atom. The third-order valence-corrected chi connectivity index (χ3v) is 3.94. The van der Waals surface area contributed by atoms with E-state index in [9.17, 15) is 13.2 Å². The number of pyridine rings is 2. The van der Waals surface area contributed by atoms with E-state index in [1.807, 2.05) is 0 Å². The van der Waals surface area contributed by atoms with Crippen LogP contribution in [0.1, 0.15) is 5.56 Å². The molecule has 106 valence electrons. The van der Waals surface area contributed by atoms with E-state index >= 15 is 0 Å². The summed E-state index contributed by atoms with van der Waals surface area (Å²) >= 11 is 0. The lowest BCUT2D eigenvalue weighted by Crippen LogP contribution is -2.24. The number of ether oxygens (including phenoxy) is 1. The number of sulfonamides is 1. The molecule has 0 saturated carbocycles. The molecule has 2 N–H and O–H groups in total. The van der Waals surface area contributed by atoms with Crippen LogP contribution in [0, 0.1) is 0 Å². The highest BCUT2D eigenvalue weighted by molar-refractivity contribution is 7.89. The largest absolute Gasteiger partial charge is 0.481 e. The van der Waals surface area contributed by atoms with Crippen LogP contribution in [0.5, 0.6) is 5.88 Å². The minimum Gasteiger partial charge on any atom is -0.481 e. The van der Waals surface area contributed by atoms with E-state index in [-0.39, 0.29) is 17.0 Å². The van der Waals surface area contributed by atoms with Gasteiger partial charge in [0.25, 0.3) is 0 Å². The van der Waals surface area contributed by atoms with E-state index in [4.69, 9.17) is 4.74 Å². The molecule has 0 aliphatic heterocycles. The Labute approximate surface area is 115 Å². The van der Waals surface area contributed by atoms with Gasteiger partial charge in [-0.05, 0) is 17.7 Å². The normalized spacial score (nSPS) is 11.2. The van der Waals surface area contributed by atoms with Crippen LogP contribution in [-0.2, 0) is 16.6 Å². The zero-order chi connectivity index (χ0) is 14.6. The molecular formula is C12H13N3O4S. The van der Waals surface area contributed by atoms with Crippen LogP contribution in [0.25, 0.3) is 0 Å². The first-order valence-electron chi connectivity index (χ1n) is 5.68. The molecule has 20 heavy (non-hydrogen) atoms. The predicted octanol–water partition coefficient (Wildman–Crippen LogP) is 0.257. The van der Waals surface area contributed by atoms with E-state index in [1.54, 1.807) is 12.1 Å². The fraction of sp³-hybridized carbons (Fsp3) is 0.167. The molecule has 0 radical (unpaired) electrons. The molecule has 7 nitrogen and oxygen atoms in total. The van der Waals surface area contributed by atoms with E-state index in [0.29, 0.717) is 11.4 Å². The second kappa shape index (κ2) is 5.85. The van der Waals surface area contributed by atoms with Crippen molar-refractivity contribution in [2.75, 3.05) is 7.11 Å². The Morgan fingerprint density at radius 1 is 1.35 bits per heavy atom. The van der Waals surface area contributed by atoms with E-state index in [0.717, 1.165) is 12.3 Å². The average Bonchev–Trinajstić information content (AvgIpc) is 2.46. The number of aromatic nitrogens is 2. The van der Waals surface area contributed by atoms with Crippen LogP contribution in [0.4, 0.5) is 0 Å². The van der Waals surface area contributed by atoms with Gasteiger partial charge in [-0.15, -0.1) is 0 Å². The number of aromatic amines is 1. The lowest BCUT2D eigenvalue weighted by Gasteiger charge is -2.07. The number of rotatable bonds is 5. The summed E-state index contributed by atoms with van der Waals surface area (Å²) in [5.74, 6) is 0.408. The lowest BCUT2D eigenvalue weighted by atomic mass is 10.3. The first-order valence-corrected chi connectivity index (χ1v) is 7.17. The topological polar surface area (TPSA) is 101 Å². The number of H-pyrrole nitrogens is 1. The maximum Gasteiger partial charge on any atom is 0.247 e. The predicted molar refractivity (Wildman–Crippen MR) is 71.9 cm³/mol. The van der Waals surface area contributed by atoms with Gasteiger partial charge in [0.1, 0.15) is 0 Å². The zero-order valence-corrected chi connectivity index (χ0v) is 11.5. The monoisotopic (exact) mass is 295 g/mol. The SMILES string of the molecule is COc1cc(CNS(=O)(=O)c2ccc(=O)[nH]c2)ccn1. The maximum atomic E-state index is 12.0. The van der Waals surface area contributed by atoms with Gasteiger partial charge in [-0.25, -0.2) is 18.1 Å². The molecule has 0 unspecified atom stereocenters. The molecule has 0 atom stereocenters. The molecule has 0 aliphatic rings. The Hall–Kier alpha value is -2.19. The molecule has 0 aromatic carbocycles. The molecule has 2 aromatic rings. The number of hydrogen-bond donors (Lipinski definition) is 2. The molecule has 0 fully saturated rings. The molecule has 2 aromatic heterocycles. The molecule has 2 rings (SSSR count). The van der Waals surface area contributed by atoms with Crippen LogP contribution in [0.3, 0.4) is 0 Å². The summed E-state index contributed by atoms with van der Waals surface area (Å²) in [4.78, 5) is 17.2. The summed E-state index contributed by atoms with van der Waals surface area (Å²) in [5.41, 5.74) is 0.354. The van der Waals surface area contributed by atoms with Crippen molar-refractivity contribution >= 4 is 10.0 Å². The average molecular weight is 295 g/mol. The first-order chi connectivity index (χ1) is 9.51. The van der Waals surface area contributed by atoms with Gasteiger partial charge in [0.2, 0.25) is 21.5 Å². The smallest absolute Gasteiger partial charge is 0.247 e. The summed E-state index contributed by atoms with van der Waals surface area (Å²) in [5, 5.41) is 0. The van der Waals surface area contributed by atoms with E-state index in [1.165, 1.54) is 19.4 Å². The summed E-state index contributed by atoms with van der Waals surface area (Å²) in [7, 11) is -2.19. The van der Waals surface area contributed by atoms with Gasteiger partial charge in [0, 0.05) is 31.1 Å². The zero-order valence-electron chi connectivity index (χ0n) is 10.7. The van der Waals surface area contributed by atoms with Crippen molar-refractivity contribution in [1.82, 2.24) is 14.7 Å². The van der Waals surface area contributed by atoms with Gasteiger partial charge < -0.3 is 9.72 Å². The quantitative estimate of drug-likeness (QED) is 0.823. The highest BCUT2D eigenvalue weighted by Gasteiger charge is 2.13. The van der Waals surface area contributed by atoms with Gasteiger partial charge >= 0.3 is 0 Å². The van der Waals surface area contributed by atoms with Crippen molar-refractivity contribution in [2.45, 2.75) is 11.4 Å². The lowest BCUT2D eigenvalue weighted by molar-refractivity contribution is 0.397. The fourth-order valence-corrected chi connectivity index (χ4v) is 2.48. The Balaban J connectivity index is 2.12. The van der Waals surface area contributed by atoms with Crippen molar-refractivity contribution in [3.8, 4) is 5.88 Å². The van der Waals surface area contributed by atoms with E-state index < -0.39 is 10.0 Å². The van der Waals surface area contributed by atoms with Gasteiger partial charge in [0.05, 0.1) is 12.0 Å². The van der Waals surface area contributed by atoms with Crippen LogP contribution in [0.2, 0.25) is 0 Å². The molecule has 2 heterocycles. The van der Waals surface area contributed by atoms with Gasteiger partial charge in [0.15, 0.2) is 0 Å². The van der Waals surface area contributed by atoms with Gasteiger partial charge in [-0.3, -0.25) is 4.79 Å². The fourth-order valence-electron chi connectivity index (χ4n) is 1.50. The number of nitrogens with one attached hydrogen (secondary N) is 2. The molecule has 0 amide bonds. The molecule has 8 heteroatoms. The standard InChI is InChI=1S/C12H13N3O4S/c1-19-12-6-9(4-5-13-12)7-15-20(17,18)10-2-3-11(16)14-8-10/h2-6,8,15H,7H2,1H3,(H,14,16). The van der Waals surface area contributed by atoms with Crippen LogP contribution in [-0.4, -0.2) is 25.5 Å². The van der Waals surface area contributed by atoms with Crippen molar-refractivity contribution in [3.05, 3.63) is 52.6 Å². The number of methoxy groups -OCH3 is 1. The molecule has 0 spiro atoms. The highest BCUT2D eigenvalue weighted by Crippen LogP contribution is 2.10. The Morgan fingerprint density at radius 2 is 2.15 bits per heavy atom. The van der Waals surface area contributed by atoms with Gasteiger partial charge in [-0.1, -0.05) is 0 Å². The Bertz CT molecular complexity index is 735. The third-order valence-electron chi connectivity index (χ3n) is 2.54. The summed E-state index contributed by atoms with van der Waals surface area (Å²) in [6.45, 7) is 0.0976. The highest BCUT2D eigenvalue weighted by atomic mass is 32.2. The summed E-state index contributed by atoms with van der Waals surface area (Å²) in [6.07, 6.45) is 2.68. The summed E-state index contributed by atoms with van der Waals surface area (Å²) < 4.78 is 31.4. The van der Waals surface area contributed by atoms with Crippen LogP contribution < -0.4 is 15.0 Å².